The van der Waals surface area contributed by atoms with Crippen LogP contribution >= 0.6 is 11.6 Å². The summed E-state index contributed by atoms with van der Waals surface area (Å²) in [7, 11) is 1.93. The van der Waals surface area contributed by atoms with E-state index >= 15 is 0 Å². The molecule has 1 saturated carbocycles. The molecule has 2 rings (SSSR count). The van der Waals surface area contributed by atoms with Crippen molar-refractivity contribution >= 4 is 17.5 Å². The number of hydrogen-bond donors (Lipinski definition) is 2. The smallest absolute Gasteiger partial charge is 0.234 e. The summed E-state index contributed by atoms with van der Waals surface area (Å²) < 4.78 is 0. The molecule has 4 nitrogen and oxygen atoms in total. The van der Waals surface area contributed by atoms with Gasteiger partial charge in [0.1, 0.15) is 0 Å². The molecule has 20 heavy (non-hydrogen) atoms. The normalized spacial score (nSPS) is 17.9. The van der Waals surface area contributed by atoms with E-state index in [0.717, 1.165) is 18.4 Å². The maximum absolute atomic E-state index is 11.9. The molecule has 0 aromatic heterocycles. The quantitative estimate of drug-likeness (QED) is 0.843. The van der Waals surface area contributed by atoms with Crippen molar-refractivity contribution < 1.29 is 4.79 Å². The van der Waals surface area contributed by atoms with E-state index in [9.17, 15) is 4.79 Å². The number of carbonyl (C=O) groups is 1. The first-order valence-electron chi connectivity index (χ1n) is 6.98. The number of nitrogens with two attached hydrogens (primary N) is 1. The predicted octanol–water partition coefficient (Wildman–Crippen LogP) is 1.94. The summed E-state index contributed by atoms with van der Waals surface area (Å²) in [4.78, 5) is 13.9. The third-order valence-corrected chi connectivity index (χ3v) is 3.77. The molecule has 0 aliphatic heterocycles. The fourth-order valence-corrected chi connectivity index (χ4v) is 2.57. The van der Waals surface area contributed by atoms with Crippen molar-refractivity contribution in [1.82, 2.24) is 10.2 Å². The van der Waals surface area contributed by atoms with Gasteiger partial charge in [-0.15, -0.1) is 0 Å². The van der Waals surface area contributed by atoms with Crippen LogP contribution in [-0.2, 0) is 4.79 Å². The SMILES string of the molecule is CC(N)C(c1ccc(Cl)cc1)N(C)CC(=O)NC1CC1. The van der Waals surface area contributed by atoms with Crippen molar-refractivity contribution in [2.75, 3.05) is 13.6 Å². The standard InChI is InChI=1S/C15H22ClN3O/c1-10(17)15(11-3-5-12(16)6-4-11)19(2)9-14(20)18-13-7-8-13/h3-6,10,13,15H,7-9,17H2,1-2H3,(H,18,20). The summed E-state index contributed by atoms with van der Waals surface area (Å²) >= 11 is 5.92. The molecule has 1 fully saturated rings. The largest absolute Gasteiger partial charge is 0.352 e. The monoisotopic (exact) mass is 295 g/mol. The van der Waals surface area contributed by atoms with E-state index in [-0.39, 0.29) is 18.0 Å². The molecule has 0 bridgehead atoms. The topological polar surface area (TPSA) is 58.4 Å². The van der Waals surface area contributed by atoms with Gasteiger partial charge in [0.15, 0.2) is 0 Å². The van der Waals surface area contributed by atoms with Gasteiger partial charge in [-0.2, -0.15) is 0 Å². The average Bonchev–Trinajstić information content (AvgIpc) is 3.15. The number of carbonyl (C=O) groups excluding carboxylic acids is 1. The van der Waals surface area contributed by atoms with Gasteiger partial charge in [0, 0.05) is 23.1 Å². The molecule has 0 spiro atoms. The third-order valence-electron chi connectivity index (χ3n) is 3.52. The number of likely N-dealkylation sites (N-methyl/N-ethyl adjacent to an activating group) is 1. The van der Waals surface area contributed by atoms with Crippen molar-refractivity contribution in [2.24, 2.45) is 5.73 Å². The molecule has 5 heteroatoms. The van der Waals surface area contributed by atoms with Crippen LogP contribution in [-0.4, -0.2) is 36.5 Å². The Balaban J connectivity index is 2.02. The van der Waals surface area contributed by atoms with Gasteiger partial charge in [0.05, 0.1) is 6.54 Å². The van der Waals surface area contributed by atoms with Gasteiger partial charge in [0.25, 0.3) is 0 Å². The Morgan fingerprint density at radius 2 is 2.05 bits per heavy atom. The molecular weight excluding hydrogens is 274 g/mol. The number of nitrogens with zero attached hydrogens (tertiary/aromatic N) is 1. The molecule has 1 aromatic rings. The van der Waals surface area contributed by atoms with E-state index in [1.807, 2.05) is 43.1 Å². The molecule has 2 atom stereocenters. The van der Waals surface area contributed by atoms with Gasteiger partial charge in [-0.1, -0.05) is 23.7 Å². The minimum Gasteiger partial charge on any atom is -0.352 e. The molecule has 0 saturated heterocycles. The van der Waals surface area contributed by atoms with Crippen LogP contribution in [0.2, 0.25) is 5.02 Å². The van der Waals surface area contributed by atoms with Crippen LogP contribution in [0.3, 0.4) is 0 Å². The van der Waals surface area contributed by atoms with Crippen molar-refractivity contribution in [3.63, 3.8) is 0 Å². The Bertz CT molecular complexity index is 457. The van der Waals surface area contributed by atoms with Crippen LogP contribution in [0.25, 0.3) is 0 Å². The van der Waals surface area contributed by atoms with Gasteiger partial charge in [-0.25, -0.2) is 0 Å². The molecule has 1 aliphatic rings. The van der Waals surface area contributed by atoms with Crippen LogP contribution < -0.4 is 11.1 Å². The second-order valence-electron chi connectivity index (χ2n) is 5.61. The number of nitrogens with one attached hydrogen (secondary N) is 1. The van der Waals surface area contributed by atoms with Crippen LogP contribution in [0.15, 0.2) is 24.3 Å². The van der Waals surface area contributed by atoms with E-state index in [1.165, 1.54) is 0 Å². The lowest BCUT2D eigenvalue weighted by atomic mass is 9.99. The lowest BCUT2D eigenvalue weighted by Crippen LogP contribution is -2.43. The predicted molar refractivity (Wildman–Crippen MR) is 81.6 cm³/mol. The van der Waals surface area contributed by atoms with Crippen molar-refractivity contribution in [3.05, 3.63) is 34.9 Å². The highest BCUT2D eigenvalue weighted by Crippen LogP contribution is 2.24. The highest BCUT2D eigenvalue weighted by atomic mass is 35.5. The Hall–Kier alpha value is -1.10. The highest BCUT2D eigenvalue weighted by molar-refractivity contribution is 6.30. The van der Waals surface area contributed by atoms with Gasteiger partial charge < -0.3 is 11.1 Å². The minimum absolute atomic E-state index is 0.00257. The third kappa shape index (κ3) is 4.20. The maximum atomic E-state index is 11.9. The minimum atomic E-state index is -0.0742. The van der Waals surface area contributed by atoms with Gasteiger partial charge >= 0.3 is 0 Å². The van der Waals surface area contributed by atoms with Crippen LogP contribution in [0.5, 0.6) is 0 Å². The van der Waals surface area contributed by atoms with E-state index < -0.39 is 0 Å². The fourth-order valence-electron chi connectivity index (χ4n) is 2.45. The van der Waals surface area contributed by atoms with Gasteiger partial charge in [-0.3, -0.25) is 9.69 Å². The second-order valence-corrected chi connectivity index (χ2v) is 6.05. The van der Waals surface area contributed by atoms with Crippen LogP contribution in [0, 0.1) is 0 Å². The molecule has 3 N–H and O–H groups in total. The van der Waals surface area contributed by atoms with Crippen molar-refractivity contribution in [1.29, 1.82) is 0 Å². The van der Waals surface area contributed by atoms with E-state index in [2.05, 4.69) is 5.32 Å². The van der Waals surface area contributed by atoms with Crippen molar-refractivity contribution in [3.8, 4) is 0 Å². The van der Waals surface area contributed by atoms with Gasteiger partial charge in [-0.05, 0) is 44.5 Å². The van der Waals surface area contributed by atoms with Gasteiger partial charge in [0.2, 0.25) is 5.91 Å². The van der Waals surface area contributed by atoms with E-state index in [1.54, 1.807) is 0 Å². The molecule has 0 radical (unpaired) electrons. The van der Waals surface area contributed by atoms with Crippen LogP contribution in [0.1, 0.15) is 31.4 Å². The zero-order valence-corrected chi connectivity index (χ0v) is 12.7. The second kappa shape index (κ2) is 6.57. The molecule has 110 valence electrons. The first kappa shape index (κ1) is 15.3. The summed E-state index contributed by atoms with van der Waals surface area (Å²) in [5.74, 6) is 0.0645. The van der Waals surface area contributed by atoms with Crippen LogP contribution in [0.4, 0.5) is 0 Å². The number of benzene rings is 1. The molecule has 2 unspecified atom stereocenters. The number of rotatable bonds is 6. The average molecular weight is 296 g/mol. The fraction of sp³-hybridized carbons (Fsp3) is 0.533. The molecule has 1 amide bonds. The molecule has 1 aliphatic carbocycles. The number of amides is 1. The Morgan fingerprint density at radius 3 is 2.55 bits per heavy atom. The summed E-state index contributed by atoms with van der Waals surface area (Å²) in [6.07, 6.45) is 2.20. The molecule has 1 aromatic carbocycles. The first-order valence-corrected chi connectivity index (χ1v) is 7.36. The lowest BCUT2D eigenvalue weighted by Gasteiger charge is -2.31. The highest BCUT2D eigenvalue weighted by Gasteiger charge is 2.26. The molecular formula is C15H22ClN3O. The summed E-state index contributed by atoms with van der Waals surface area (Å²) in [6.45, 7) is 2.31. The maximum Gasteiger partial charge on any atom is 0.234 e. The number of halogens is 1. The zero-order chi connectivity index (χ0) is 14.7. The molecule has 0 heterocycles. The van der Waals surface area contributed by atoms with E-state index in [0.29, 0.717) is 17.6 Å². The Morgan fingerprint density at radius 1 is 1.45 bits per heavy atom. The summed E-state index contributed by atoms with van der Waals surface area (Å²) in [5.41, 5.74) is 7.17. The lowest BCUT2D eigenvalue weighted by molar-refractivity contribution is -0.122. The first-order chi connectivity index (χ1) is 9.47. The van der Waals surface area contributed by atoms with E-state index in [4.69, 9.17) is 17.3 Å². The number of hydrogen-bond acceptors (Lipinski definition) is 3. The summed E-state index contributed by atoms with van der Waals surface area (Å²) in [5, 5.41) is 3.70. The zero-order valence-electron chi connectivity index (χ0n) is 12.0. The Labute approximate surface area is 125 Å². The Kier molecular flexibility index (Phi) is 5.02. The summed E-state index contributed by atoms with van der Waals surface area (Å²) in [6, 6.07) is 7.94. The van der Waals surface area contributed by atoms with Crippen molar-refractivity contribution in [2.45, 2.75) is 37.9 Å².